The van der Waals surface area contributed by atoms with Gasteiger partial charge in [0.05, 0.1) is 0 Å². The third-order valence-corrected chi connectivity index (χ3v) is 6.76. The largest absolute Gasteiger partial charge is 0.294 e. The molecule has 0 spiro atoms. The Morgan fingerprint density at radius 1 is 0.778 bits per heavy atom. The molecule has 0 saturated carbocycles. The van der Waals surface area contributed by atoms with E-state index in [1.165, 1.54) is 48.9 Å². The molecule has 0 aromatic heterocycles. The Balaban J connectivity index is 1.53. The van der Waals surface area contributed by atoms with Crippen LogP contribution in [0.1, 0.15) is 74.4 Å². The summed E-state index contributed by atoms with van der Waals surface area (Å²) >= 11 is 0. The van der Waals surface area contributed by atoms with E-state index in [0.29, 0.717) is 0 Å². The van der Waals surface area contributed by atoms with Crippen molar-refractivity contribution in [3.8, 4) is 0 Å². The third kappa shape index (κ3) is 3.85. The first kappa shape index (κ1) is 18.7. The number of aryl methyl sites for hydroxylation is 2. The number of nitrogens with zero attached hydrogens (tertiary/aromatic N) is 1. The Labute approximate surface area is 165 Å². The lowest BCUT2D eigenvalue weighted by atomic mass is 9.77. The van der Waals surface area contributed by atoms with E-state index in [2.05, 4.69) is 75.9 Å². The summed E-state index contributed by atoms with van der Waals surface area (Å²) in [5.74, 6) is 0. The van der Waals surface area contributed by atoms with Crippen LogP contribution in [-0.4, -0.2) is 17.0 Å². The molecule has 0 N–H and O–H groups in total. The van der Waals surface area contributed by atoms with Crippen LogP contribution in [0.5, 0.6) is 0 Å². The molecule has 0 atom stereocenters. The number of benzene rings is 2. The maximum atomic E-state index is 2.60. The molecule has 1 heterocycles. The second-order valence-electron chi connectivity index (χ2n) is 10.3. The fraction of sp³-hybridized carbons (Fsp3) is 0.538. The minimum absolute atomic E-state index is 0.179. The molecule has 1 nitrogen and oxygen atoms in total. The van der Waals surface area contributed by atoms with E-state index in [1.54, 1.807) is 16.7 Å². The molecular formula is C26H35N. The lowest BCUT2D eigenvalue weighted by Crippen LogP contribution is -2.44. The highest BCUT2D eigenvalue weighted by molar-refractivity contribution is 5.40. The molecule has 1 aliphatic heterocycles. The monoisotopic (exact) mass is 361 g/mol. The van der Waals surface area contributed by atoms with Crippen LogP contribution in [0, 0.1) is 0 Å². The van der Waals surface area contributed by atoms with Crippen LogP contribution in [0.2, 0.25) is 0 Å². The standard InChI is InChI=1S/C26H35N/c1-25(2,3)27-14-13-22-15-19(9-10-23(22)18-27)17-26(4,5)24-12-11-20-7-6-8-21(20)16-24/h9-12,15-16H,6-8,13-14,17-18H2,1-5H3. The zero-order valence-electron chi connectivity index (χ0n) is 17.9. The van der Waals surface area contributed by atoms with Gasteiger partial charge in [0.2, 0.25) is 0 Å². The second-order valence-corrected chi connectivity index (χ2v) is 10.3. The van der Waals surface area contributed by atoms with Crippen molar-refractivity contribution in [2.45, 2.75) is 84.2 Å². The number of rotatable bonds is 3. The molecular weight excluding hydrogens is 326 g/mol. The summed E-state index contributed by atoms with van der Waals surface area (Å²) in [7, 11) is 0. The molecule has 4 rings (SSSR count). The molecule has 2 aliphatic rings. The Kier molecular flexibility index (Phi) is 4.71. The average Bonchev–Trinajstić information content (AvgIpc) is 3.08. The average molecular weight is 362 g/mol. The van der Waals surface area contributed by atoms with Crippen molar-refractivity contribution >= 4 is 0 Å². The molecule has 2 aromatic carbocycles. The summed E-state index contributed by atoms with van der Waals surface area (Å²) in [6.07, 6.45) is 6.16. The summed E-state index contributed by atoms with van der Waals surface area (Å²) in [5.41, 5.74) is 9.68. The fourth-order valence-corrected chi connectivity index (χ4v) is 4.89. The zero-order chi connectivity index (χ0) is 19.2. The van der Waals surface area contributed by atoms with Crippen molar-refractivity contribution in [3.63, 3.8) is 0 Å². The maximum absolute atomic E-state index is 2.60. The minimum Gasteiger partial charge on any atom is -0.294 e. The van der Waals surface area contributed by atoms with Gasteiger partial charge >= 0.3 is 0 Å². The molecule has 1 aliphatic carbocycles. The first-order chi connectivity index (χ1) is 12.7. The highest BCUT2D eigenvalue weighted by atomic mass is 15.2. The van der Waals surface area contributed by atoms with Crippen LogP contribution in [0.4, 0.5) is 0 Å². The number of hydrogen-bond acceptors (Lipinski definition) is 1. The zero-order valence-corrected chi connectivity index (χ0v) is 17.9. The first-order valence-corrected chi connectivity index (χ1v) is 10.7. The minimum atomic E-state index is 0.179. The van der Waals surface area contributed by atoms with Gasteiger partial charge in [-0.1, -0.05) is 50.2 Å². The number of hydrogen-bond donors (Lipinski definition) is 0. The van der Waals surface area contributed by atoms with E-state index < -0.39 is 0 Å². The molecule has 0 radical (unpaired) electrons. The van der Waals surface area contributed by atoms with E-state index in [9.17, 15) is 0 Å². The van der Waals surface area contributed by atoms with Gasteiger partial charge in [0.1, 0.15) is 0 Å². The second kappa shape index (κ2) is 6.78. The highest BCUT2D eigenvalue weighted by Gasteiger charge is 2.27. The number of fused-ring (bicyclic) bond motifs is 2. The molecule has 27 heavy (non-hydrogen) atoms. The summed E-state index contributed by atoms with van der Waals surface area (Å²) in [6, 6.07) is 14.5. The third-order valence-electron chi connectivity index (χ3n) is 6.76. The summed E-state index contributed by atoms with van der Waals surface area (Å²) in [6.45, 7) is 14.1. The lowest BCUT2D eigenvalue weighted by molar-refractivity contribution is 0.121. The fourth-order valence-electron chi connectivity index (χ4n) is 4.89. The van der Waals surface area contributed by atoms with Gasteiger partial charge in [-0.05, 0) is 91.7 Å². The van der Waals surface area contributed by atoms with E-state index in [-0.39, 0.29) is 11.0 Å². The Hall–Kier alpha value is -1.60. The van der Waals surface area contributed by atoms with Crippen LogP contribution < -0.4 is 0 Å². The Morgan fingerprint density at radius 3 is 2.26 bits per heavy atom. The highest BCUT2D eigenvalue weighted by Crippen LogP contribution is 2.33. The maximum Gasteiger partial charge on any atom is 0.0241 e. The van der Waals surface area contributed by atoms with Crippen molar-refractivity contribution < 1.29 is 0 Å². The van der Waals surface area contributed by atoms with Crippen molar-refractivity contribution in [3.05, 3.63) is 69.8 Å². The van der Waals surface area contributed by atoms with Gasteiger partial charge < -0.3 is 0 Å². The first-order valence-electron chi connectivity index (χ1n) is 10.7. The normalized spacial score (nSPS) is 17.7. The van der Waals surface area contributed by atoms with Crippen molar-refractivity contribution in [1.82, 2.24) is 4.90 Å². The van der Waals surface area contributed by atoms with E-state index in [1.807, 2.05) is 0 Å². The predicted molar refractivity (Wildman–Crippen MR) is 116 cm³/mol. The van der Waals surface area contributed by atoms with Gasteiger partial charge in [-0.25, -0.2) is 0 Å². The van der Waals surface area contributed by atoms with Gasteiger partial charge in [0, 0.05) is 18.6 Å². The van der Waals surface area contributed by atoms with Crippen LogP contribution in [0.3, 0.4) is 0 Å². The molecule has 0 unspecified atom stereocenters. The van der Waals surface area contributed by atoms with E-state index in [0.717, 1.165) is 13.0 Å². The summed E-state index contributed by atoms with van der Waals surface area (Å²) < 4.78 is 0. The topological polar surface area (TPSA) is 3.24 Å². The van der Waals surface area contributed by atoms with Crippen molar-refractivity contribution in [1.29, 1.82) is 0 Å². The SMILES string of the molecule is CC(C)(Cc1ccc2c(c1)CCN(C(C)(C)C)C2)c1ccc2c(c1)CCC2. The van der Waals surface area contributed by atoms with Gasteiger partial charge in [-0.3, -0.25) is 4.90 Å². The molecule has 0 amide bonds. The lowest BCUT2D eigenvalue weighted by Gasteiger charge is -2.39. The summed E-state index contributed by atoms with van der Waals surface area (Å²) in [5, 5.41) is 0. The van der Waals surface area contributed by atoms with Gasteiger partial charge in [-0.2, -0.15) is 0 Å². The molecule has 1 heteroatoms. The van der Waals surface area contributed by atoms with E-state index in [4.69, 9.17) is 0 Å². The van der Waals surface area contributed by atoms with Gasteiger partial charge in [-0.15, -0.1) is 0 Å². The predicted octanol–water partition coefficient (Wildman–Crippen LogP) is 5.85. The van der Waals surface area contributed by atoms with Gasteiger partial charge in [0.25, 0.3) is 0 Å². The molecule has 0 saturated heterocycles. The smallest absolute Gasteiger partial charge is 0.0241 e. The Bertz CT molecular complexity index is 838. The van der Waals surface area contributed by atoms with Crippen molar-refractivity contribution in [2.75, 3.05) is 6.54 Å². The molecule has 0 bridgehead atoms. The molecule has 0 fully saturated rings. The Morgan fingerprint density at radius 2 is 1.48 bits per heavy atom. The van der Waals surface area contributed by atoms with E-state index >= 15 is 0 Å². The van der Waals surface area contributed by atoms with Crippen LogP contribution in [-0.2, 0) is 37.6 Å². The van der Waals surface area contributed by atoms with Crippen LogP contribution in [0.15, 0.2) is 36.4 Å². The molecule has 2 aromatic rings. The van der Waals surface area contributed by atoms with Crippen LogP contribution >= 0.6 is 0 Å². The van der Waals surface area contributed by atoms with Crippen molar-refractivity contribution in [2.24, 2.45) is 0 Å². The van der Waals surface area contributed by atoms with Crippen LogP contribution in [0.25, 0.3) is 0 Å². The molecule has 144 valence electrons. The summed E-state index contributed by atoms with van der Waals surface area (Å²) in [4.78, 5) is 2.60. The van der Waals surface area contributed by atoms with Gasteiger partial charge in [0.15, 0.2) is 0 Å². The quantitative estimate of drug-likeness (QED) is 0.662.